The molecule has 3 rings (SSSR count). The number of aliphatic hydroxyl groups excluding tert-OH is 2. The zero-order valence-corrected chi connectivity index (χ0v) is 14.8. The van der Waals surface area contributed by atoms with E-state index in [9.17, 15) is 10.2 Å². The first kappa shape index (κ1) is 17.5. The van der Waals surface area contributed by atoms with Crippen LogP contribution in [0.25, 0.3) is 21.5 Å². The minimum Gasteiger partial charge on any atom is -0.394 e. The van der Waals surface area contributed by atoms with Crippen molar-refractivity contribution in [3.8, 4) is 0 Å². The van der Waals surface area contributed by atoms with Crippen LogP contribution in [0.15, 0.2) is 42.5 Å². The summed E-state index contributed by atoms with van der Waals surface area (Å²) >= 11 is 12.8. The number of aliphatic hydroxyl groups is 2. The largest absolute Gasteiger partial charge is 0.394 e. The van der Waals surface area contributed by atoms with E-state index in [1.165, 1.54) is 0 Å². The van der Waals surface area contributed by atoms with Crippen molar-refractivity contribution in [2.75, 3.05) is 13.2 Å². The molecule has 3 aromatic carbocycles. The summed E-state index contributed by atoms with van der Waals surface area (Å²) in [5.74, 6) is 0. The molecule has 0 fully saturated rings. The molecule has 0 aliphatic heterocycles. The second-order valence-electron chi connectivity index (χ2n) is 6.26. The highest BCUT2D eigenvalue weighted by Crippen LogP contribution is 2.37. The molecule has 0 bridgehead atoms. The van der Waals surface area contributed by atoms with E-state index in [4.69, 9.17) is 23.2 Å². The Labute approximate surface area is 150 Å². The molecule has 0 saturated carbocycles. The van der Waals surface area contributed by atoms with Crippen molar-refractivity contribution < 1.29 is 10.2 Å². The van der Waals surface area contributed by atoms with Crippen LogP contribution in [0.3, 0.4) is 0 Å². The number of nitrogens with one attached hydrogen (secondary N) is 1. The Hall–Kier alpha value is -1.36. The maximum atomic E-state index is 9.51. The van der Waals surface area contributed by atoms with Gasteiger partial charge in [0.05, 0.1) is 23.8 Å². The summed E-state index contributed by atoms with van der Waals surface area (Å²) in [6, 6.07) is 13.6. The second-order valence-corrected chi connectivity index (χ2v) is 7.07. The highest BCUT2D eigenvalue weighted by Gasteiger charge is 2.22. The van der Waals surface area contributed by atoms with Crippen molar-refractivity contribution in [3.63, 3.8) is 0 Å². The van der Waals surface area contributed by atoms with E-state index in [1.807, 2.05) is 42.5 Å². The van der Waals surface area contributed by atoms with Gasteiger partial charge in [0.25, 0.3) is 0 Å². The molecule has 0 heterocycles. The third kappa shape index (κ3) is 3.10. The van der Waals surface area contributed by atoms with Crippen molar-refractivity contribution in [3.05, 3.63) is 58.1 Å². The van der Waals surface area contributed by atoms with Gasteiger partial charge in [-0.1, -0.05) is 53.5 Å². The Morgan fingerprint density at radius 1 is 0.917 bits per heavy atom. The molecule has 3 aromatic rings. The molecule has 0 aromatic heterocycles. The molecular formula is C19H19Cl2NO2. The van der Waals surface area contributed by atoms with Gasteiger partial charge in [-0.3, -0.25) is 0 Å². The van der Waals surface area contributed by atoms with Crippen LogP contribution in [-0.2, 0) is 6.54 Å². The smallest absolute Gasteiger partial charge is 0.0633 e. The fourth-order valence-electron chi connectivity index (χ4n) is 2.84. The highest BCUT2D eigenvalue weighted by molar-refractivity contribution is 6.41. The van der Waals surface area contributed by atoms with Gasteiger partial charge in [-0.05, 0) is 35.4 Å². The summed E-state index contributed by atoms with van der Waals surface area (Å²) in [5.41, 5.74) is 0.284. The van der Waals surface area contributed by atoms with E-state index in [1.54, 1.807) is 6.92 Å². The number of benzene rings is 3. The van der Waals surface area contributed by atoms with Crippen LogP contribution < -0.4 is 5.32 Å². The fourth-order valence-corrected chi connectivity index (χ4v) is 3.34. The van der Waals surface area contributed by atoms with Gasteiger partial charge in [0, 0.05) is 22.3 Å². The first-order valence-corrected chi connectivity index (χ1v) is 8.50. The van der Waals surface area contributed by atoms with Crippen molar-refractivity contribution in [1.82, 2.24) is 5.32 Å². The van der Waals surface area contributed by atoms with Crippen molar-refractivity contribution in [2.24, 2.45) is 0 Å². The summed E-state index contributed by atoms with van der Waals surface area (Å²) in [6.07, 6.45) is 0. The molecule has 0 amide bonds. The zero-order valence-electron chi connectivity index (χ0n) is 13.3. The topological polar surface area (TPSA) is 52.5 Å². The number of hydrogen-bond donors (Lipinski definition) is 3. The zero-order chi connectivity index (χ0) is 17.3. The number of rotatable bonds is 5. The average Bonchev–Trinajstić information content (AvgIpc) is 2.61. The molecule has 3 nitrogen and oxygen atoms in total. The Morgan fingerprint density at radius 3 is 2.21 bits per heavy atom. The minimum atomic E-state index is -0.758. The molecule has 0 unspecified atom stereocenters. The van der Waals surface area contributed by atoms with Crippen molar-refractivity contribution in [1.29, 1.82) is 0 Å². The summed E-state index contributed by atoms with van der Waals surface area (Å²) in [5, 5.41) is 27.5. The summed E-state index contributed by atoms with van der Waals surface area (Å²) in [7, 11) is 0. The standard InChI is InChI=1S/C19H19Cl2NO2/c1-19(10-23,11-24)22-9-17-13-4-2-3-5-14(13)18(21)15-7-6-12(20)8-16(15)17/h2-8,22-24H,9-11H2,1H3. The maximum absolute atomic E-state index is 9.51. The molecule has 0 aliphatic rings. The van der Waals surface area contributed by atoms with E-state index in [2.05, 4.69) is 5.32 Å². The fraction of sp³-hybridized carbons (Fsp3) is 0.263. The van der Waals surface area contributed by atoms with Gasteiger partial charge in [-0.15, -0.1) is 0 Å². The Morgan fingerprint density at radius 2 is 1.54 bits per heavy atom. The molecule has 0 radical (unpaired) electrons. The quantitative estimate of drug-likeness (QED) is 0.597. The Bertz CT molecular complexity index is 891. The van der Waals surface area contributed by atoms with Gasteiger partial charge in [0.15, 0.2) is 0 Å². The summed E-state index contributed by atoms with van der Waals surface area (Å²) in [4.78, 5) is 0. The lowest BCUT2D eigenvalue weighted by Crippen LogP contribution is -2.48. The molecule has 0 spiro atoms. The Balaban J connectivity index is 2.22. The molecule has 24 heavy (non-hydrogen) atoms. The molecule has 0 atom stereocenters. The van der Waals surface area contributed by atoms with Crippen LogP contribution in [0.2, 0.25) is 10.0 Å². The van der Waals surface area contributed by atoms with E-state index >= 15 is 0 Å². The molecule has 126 valence electrons. The third-order valence-electron chi connectivity index (χ3n) is 4.42. The number of hydrogen-bond acceptors (Lipinski definition) is 3. The van der Waals surface area contributed by atoms with Crippen LogP contribution >= 0.6 is 23.2 Å². The van der Waals surface area contributed by atoms with E-state index in [-0.39, 0.29) is 13.2 Å². The lowest BCUT2D eigenvalue weighted by atomic mass is 9.95. The van der Waals surface area contributed by atoms with Crippen LogP contribution in [-0.4, -0.2) is 29.0 Å². The third-order valence-corrected chi connectivity index (χ3v) is 5.06. The van der Waals surface area contributed by atoms with Gasteiger partial charge >= 0.3 is 0 Å². The second kappa shape index (κ2) is 6.87. The Kier molecular flexibility index (Phi) is 5.00. The van der Waals surface area contributed by atoms with Gasteiger partial charge in [-0.25, -0.2) is 0 Å². The summed E-state index contributed by atoms with van der Waals surface area (Å²) < 4.78 is 0. The average molecular weight is 364 g/mol. The highest BCUT2D eigenvalue weighted by atomic mass is 35.5. The van der Waals surface area contributed by atoms with Gasteiger partial charge < -0.3 is 15.5 Å². The molecule has 0 aliphatic carbocycles. The number of halogens is 2. The van der Waals surface area contributed by atoms with Gasteiger partial charge in [0.1, 0.15) is 0 Å². The normalized spacial score (nSPS) is 12.2. The van der Waals surface area contributed by atoms with Gasteiger partial charge in [0.2, 0.25) is 0 Å². The summed E-state index contributed by atoms with van der Waals surface area (Å²) in [6.45, 7) is 1.94. The molecule has 0 saturated heterocycles. The first-order valence-electron chi connectivity index (χ1n) is 7.74. The monoisotopic (exact) mass is 363 g/mol. The molecular weight excluding hydrogens is 345 g/mol. The SMILES string of the molecule is CC(CO)(CO)NCc1c2ccccc2c(Cl)c2ccc(Cl)cc12. The maximum Gasteiger partial charge on any atom is 0.0633 e. The van der Waals surface area contributed by atoms with Crippen molar-refractivity contribution in [2.45, 2.75) is 19.0 Å². The molecule has 5 heteroatoms. The number of fused-ring (bicyclic) bond motifs is 2. The van der Waals surface area contributed by atoms with Crippen LogP contribution in [0.4, 0.5) is 0 Å². The van der Waals surface area contributed by atoms with Crippen LogP contribution in [0, 0.1) is 0 Å². The van der Waals surface area contributed by atoms with E-state index < -0.39 is 5.54 Å². The van der Waals surface area contributed by atoms with Crippen LogP contribution in [0.5, 0.6) is 0 Å². The lowest BCUT2D eigenvalue weighted by molar-refractivity contribution is 0.103. The van der Waals surface area contributed by atoms with Crippen LogP contribution in [0.1, 0.15) is 12.5 Å². The van der Waals surface area contributed by atoms with E-state index in [0.717, 1.165) is 27.1 Å². The first-order chi connectivity index (χ1) is 11.5. The molecule has 3 N–H and O–H groups in total. The predicted octanol–water partition coefficient (Wildman–Crippen LogP) is 4.13. The van der Waals surface area contributed by atoms with E-state index in [0.29, 0.717) is 16.6 Å². The predicted molar refractivity (Wildman–Crippen MR) is 101 cm³/mol. The van der Waals surface area contributed by atoms with Crippen molar-refractivity contribution >= 4 is 44.7 Å². The van der Waals surface area contributed by atoms with Gasteiger partial charge in [-0.2, -0.15) is 0 Å². The lowest BCUT2D eigenvalue weighted by Gasteiger charge is -2.27. The minimum absolute atomic E-state index is 0.159.